The Balaban J connectivity index is 1.73. The van der Waals surface area contributed by atoms with E-state index in [9.17, 15) is 4.39 Å². The molecule has 1 aromatic carbocycles. The number of halogens is 2. The van der Waals surface area contributed by atoms with Crippen molar-refractivity contribution >= 4 is 15.9 Å². The lowest BCUT2D eigenvalue weighted by atomic mass is 9.83. The Bertz CT molecular complexity index is 386. The monoisotopic (exact) mass is 313 g/mol. The highest BCUT2D eigenvalue weighted by atomic mass is 79.9. The van der Waals surface area contributed by atoms with Crippen LogP contribution in [0.15, 0.2) is 22.7 Å². The lowest BCUT2D eigenvalue weighted by molar-refractivity contribution is 0.281. The predicted octanol–water partition coefficient (Wildman–Crippen LogP) is 4.50. The maximum Gasteiger partial charge on any atom is 0.137 e. The van der Waals surface area contributed by atoms with Gasteiger partial charge in [-0.05, 0) is 64.8 Å². The third-order valence-electron chi connectivity index (χ3n) is 3.88. The van der Waals surface area contributed by atoms with E-state index in [1.165, 1.54) is 31.7 Å². The Morgan fingerprint density at radius 1 is 1.28 bits per heavy atom. The van der Waals surface area contributed by atoms with E-state index in [-0.39, 0.29) is 5.82 Å². The van der Waals surface area contributed by atoms with E-state index in [1.807, 2.05) is 12.1 Å². The number of hydrogen-bond donors (Lipinski definition) is 1. The molecular weight excluding hydrogens is 293 g/mol. The van der Waals surface area contributed by atoms with Crippen LogP contribution in [0.3, 0.4) is 0 Å². The van der Waals surface area contributed by atoms with Crippen molar-refractivity contribution in [3.63, 3.8) is 0 Å². The summed E-state index contributed by atoms with van der Waals surface area (Å²) < 4.78 is 13.6. The SMILES string of the molecule is CC1CCC(CNCc2ccc(F)c(Br)c2)CC1. The summed E-state index contributed by atoms with van der Waals surface area (Å²) >= 11 is 3.22. The van der Waals surface area contributed by atoms with Crippen LogP contribution in [-0.2, 0) is 6.54 Å². The summed E-state index contributed by atoms with van der Waals surface area (Å²) in [6, 6.07) is 5.21. The second-order valence-corrected chi connectivity index (χ2v) is 6.36. The number of nitrogens with one attached hydrogen (secondary N) is 1. The summed E-state index contributed by atoms with van der Waals surface area (Å²) in [4.78, 5) is 0. The minimum absolute atomic E-state index is 0.194. The van der Waals surface area contributed by atoms with Gasteiger partial charge in [-0.15, -0.1) is 0 Å². The molecule has 1 aliphatic carbocycles. The highest BCUT2D eigenvalue weighted by molar-refractivity contribution is 9.10. The van der Waals surface area contributed by atoms with E-state index in [0.29, 0.717) is 4.47 Å². The van der Waals surface area contributed by atoms with Gasteiger partial charge in [-0.3, -0.25) is 0 Å². The van der Waals surface area contributed by atoms with Crippen molar-refractivity contribution in [1.29, 1.82) is 0 Å². The minimum atomic E-state index is -0.194. The van der Waals surface area contributed by atoms with Crippen LogP contribution >= 0.6 is 15.9 Å². The first-order valence-corrected chi connectivity index (χ1v) is 7.59. The van der Waals surface area contributed by atoms with Crippen LogP contribution < -0.4 is 5.32 Å². The van der Waals surface area contributed by atoms with E-state index in [1.54, 1.807) is 0 Å². The van der Waals surface area contributed by atoms with Crippen LogP contribution in [0.5, 0.6) is 0 Å². The first kappa shape index (κ1) is 14.0. The van der Waals surface area contributed by atoms with Gasteiger partial charge >= 0.3 is 0 Å². The molecule has 1 saturated carbocycles. The second kappa shape index (κ2) is 6.67. The molecule has 0 unspecified atom stereocenters. The van der Waals surface area contributed by atoms with Crippen LogP contribution in [0, 0.1) is 17.7 Å². The largest absolute Gasteiger partial charge is 0.312 e. The molecule has 1 aliphatic rings. The van der Waals surface area contributed by atoms with Crippen LogP contribution in [0.2, 0.25) is 0 Å². The summed E-state index contributed by atoms with van der Waals surface area (Å²) in [7, 11) is 0. The fourth-order valence-electron chi connectivity index (χ4n) is 2.60. The molecule has 1 aromatic rings. The fourth-order valence-corrected chi connectivity index (χ4v) is 3.03. The third kappa shape index (κ3) is 4.06. The molecule has 0 saturated heterocycles. The Morgan fingerprint density at radius 3 is 2.67 bits per heavy atom. The zero-order chi connectivity index (χ0) is 13.0. The minimum Gasteiger partial charge on any atom is -0.312 e. The first-order chi connectivity index (χ1) is 8.65. The van der Waals surface area contributed by atoms with Gasteiger partial charge in [0.2, 0.25) is 0 Å². The molecule has 3 heteroatoms. The molecular formula is C15H21BrFN. The molecule has 2 rings (SSSR count). The average molecular weight is 314 g/mol. The van der Waals surface area contributed by atoms with Gasteiger partial charge in [0.1, 0.15) is 5.82 Å². The van der Waals surface area contributed by atoms with E-state index >= 15 is 0 Å². The Kier molecular flexibility index (Phi) is 5.19. The summed E-state index contributed by atoms with van der Waals surface area (Å²) in [5.74, 6) is 1.54. The topological polar surface area (TPSA) is 12.0 Å². The maximum absolute atomic E-state index is 13.1. The standard InChI is InChI=1S/C15H21BrFN/c1-11-2-4-12(5-3-11)9-18-10-13-6-7-15(17)14(16)8-13/h6-8,11-12,18H,2-5,9-10H2,1H3. The van der Waals surface area contributed by atoms with Crippen molar-refractivity contribution < 1.29 is 4.39 Å². The summed E-state index contributed by atoms with van der Waals surface area (Å²) in [5, 5.41) is 3.49. The van der Waals surface area contributed by atoms with E-state index in [0.717, 1.165) is 30.5 Å². The molecule has 18 heavy (non-hydrogen) atoms. The van der Waals surface area contributed by atoms with Crippen LogP contribution in [0.1, 0.15) is 38.2 Å². The Morgan fingerprint density at radius 2 is 2.00 bits per heavy atom. The molecule has 0 radical (unpaired) electrons. The van der Waals surface area contributed by atoms with Crippen molar-refractivity contribution in [3.8, 4) is 0 Å². The highest BCUT2D eigenvalue weighted by Crippen LogP contribution is 2.27. The zero-order valence-corrected chi connectivity index (χ0v) is 12.5. The quantitative estimate of drug-likeness (QED) is 0.862. The number of benzene rings is 1. The van der Waals surface area contributed by atoms with Crippen molar-refractivity contribution in [1.82, 2.24) is 5.32 Å². The van der Waals surface area contributed by atoms with Crippen LogP contribution in [0.25, 0.3) is 0 Å². The van der Waals surface area contributed by atoms with Gasteiger partial charge in [0, 0.05) is 6.54 Å². The normalized spacial score (nSPS) is 24.2. The summed E-state index contributed by atoms with van der Waals surface area (Å²) in [5.41, 5.74) is 1.13. The molecule has 0 bridgehead atoms. The number of rotatable bonds is 4. The molecule has 0 amide bonds. The van der Waals surface area contributed by atoms with Gasteiger partial charge in [-0.1, -0.05) is 25.8 Å². The predicted molar refractivity (Wildman–Crippen MR) is 76.9 cm³/mol. The summed E-state index contributed by atoms with van der Waals surface area (Å²) in [6.45, 7) is 4.26. The van der Waals surface area contributed by atoms with Crippen molar-refractivity contribution in [2.75, 3.05) is 6.54 Å². The molecule has 0 spiro atoms. The van der Waals surface area contributed by atoms with Crippen molar-refractivity contribution in [2.45, 2.75) is 39.2 Å². The van der Waals surface area contributed by atoms with Gasteiger partial charge in [0.25, 0.3) is 0 Å². The molecule has 0 heterocycles. The van der Waals surface area contributed by atoms with Gasteiger partial charge in [-0.25, -0.2) is 4.39 Å². The van der Waals surface area contributed by atoms with E-state index in [2.05, 4.69) is 28.2 Å². The van der Waals surface area contributed by atoms with Crippen molar-refractivity contribution in [2.24, 2.45) is 11.8 Å². The first-order valence-electron chi connectivity index (χ1n) is 6.80. The average Bonchev–Trinajstić information content (AvgIpc) is 2.36. The molecule has 0 aliphatic heterocycles. The molecule has 0 aromatic heterocycles. The van der Waals surface area contributed by atoms with Gasteiger partial charge in [0.05, 0.1) is 4.47 Å². The van der Waals surface area contributed by atoms with Gasteiger partial charge in [0.15, 0.2) is 0 Å². The van der Waals surface area contributed by atoms with E-state index < -0.39 is 0 Å². The second-order valence-electron chi connectivity index (χ2n) is 5.51. The number of hydrogen-bond acceptors (Lipinski definition) is 1. The molecule has 100 valence electrons. The molecule has 1 nitrogen and oxygen atoms in total. The third-order valence-corrected chi connectivity index (χ3v) is 4.49. The van der Waals surface area contributed by atoms with Gasteiger partial charge in [-0.2, -0.15) is 0 Å². The van der Waals surface area contributed by atoms with Crippen molar-refractivity contribution in [3.05, 3.63) is 34.1 Å². The fraction of sp³-hybridized carbons (Fsp3) is 0.600. The Labute approximate surface area is 117 Å². The lowest BCUT2D eigenvalue weighted by Gasteiger charge is -2.26. The van der Waals surface area contributed by atoms with Crippen LogP contribution in [0.4, 0.5) is 4.39 Å². The highest BCUT2D eigenvalue weighted by Gasteiger charge is 2.17. The lowest BCUT2D eigenvalue weighted by Crippen LogP contribution is -2.25. The smallest absolute Gasteiger partial charge is 0.137 e. The molecule has 1 fully saturated rings. The van der Waals surface area contributed by atoms with Gasteiger partial charge < -0.3 is 5.32 Å². The van der Waals surface area contributed by atoms with E-state index in [4.69, 9.17) is 0 Å². The molecule has 1 N–H and O–H groups in total. The maximum atomic E-state index is 13.1. The molecule has 0 atom stereocenters. The van der Waals surface area contributed by atoms with Crippen LogP contribution in [-0.4, -0.2) is 6.54 Å². The summed E-state index contributed by atoms with van der Waals surface area (Å²) in [6.07, 6.45) is 5.44. The Hall–Kier alpha value is -0.410. The zero-order valence-electron chi connectivity index (χ0n) is 10.9.